The Kier molecular flexibility index (Phi) is 11.4. The highest BCUT2D eigenvalue weighted by Crippen LogP contribution is 2.26. The average Bonchev–Trinajstić information content (AvgIpc) is 3.01. The molecule has 0 aromatic heterocycles. The summed E-state index contributed by atoms with van der Waals surface area (Å²) < 4.78 is 29.4. The summed E-state index contributed by atoms with van der Waals surface area (Å²) in [7, 11) is -4.15. The van der Waals surface area contributed by atoms with E-state index in [9.17, 15) is 18.0 Å². The molecule has 0 bridgehead atoms. The quantitative estimate of drug-likeness (QED) is 0.178. The second-order valence-corrected chi connectivity index (χ2v) is 14.0. The number of hydrogen-bond donors (Lipinski definition) is 1. The first-order valence-electron chi connectivity index (χ1n) is 15.0. The lowest BCUT2D eigenvalue weighted by Gasteiger charge is -2.34. The number of benzene rings is 4. The van der Waals surface area contributed by atoms with Gasteiger partial charge in [-0.25, -0.2) is 8.42 Å². The zero-order chi connectivity index (χ0) is 32.6. The first-order valence-corrected chi connectivity index (χ1v) is 16.8. The molecule has 0 radical (unpaired) electrons. The number of hydrogen-bond acceptors (Lipinski definition) is 4. The molecule has 0 aliphatic heterocycles. The van der Waals surface area contributed by atoms with Gasteiger partial charge in [-0.3, -0.25) is 13.9 Å². The fourth-order valence-corrected chi connectivity index (χ4v) is 6.51. The van der Waals surface area contributed by atoms with Gasteiger partial charge in [0.1, 0.15) is 12.6 Å². The predicted octanol–water partition coefficient (Wildman–Crippen LogP) is 6.56. The summed E-state index contributed by atoms with van der Waals surface area (Å²) in [6.45, 7) is 7.75. The third-order valence-electron chi connectivity index (χ3n) is 7.41. The molecule has 2 amide bonds. The smallest absolute Gasteiger partial charge is 0.264 e. The fraction of sp³-hybridized carbons (Fsp3) is 0.278. The number of sulfonamides is 1. The molecule has 0 aliphatic carbocycles. The van der Waals surface area contributed by atoms with Gasteiger partial charge in [0.25, 0.3) is 10.0 Å². The molecule has 0 aliphatic rings. The van der Waals surface area contributed by atoms with Crippen molar-refractivity contribution >= 4 is 39.1 Å². The van der Waals surface area contributed by atoms with Gasteiger partial charge in [-0.05, 0) is 67.3 Å². The van der Waals surface area contributed by atoms with Crippen molar-refractivity contribution in [1.82, 2.24) is 10.2 Å². The number of carbonyl (C=O) groups is 2. The second kappa shape index (κ2) is 15.2. The minimum absolute atomic E-state index is 0.0539. The molecule has 4 aromatic carbocycles. The van der Waals surface area contributed by atoms with Gasteiger partial charge in [-0.1, -0.05) is 103 Å². The summed E-state index contributed by atoms with van der Waals surface area (Å²) in [5.41, 5.74) is 3.80. The van der Waals surface area contributed by atoms with Gasteiger partial charge in [0.05, 0.1) is 10.6 Å². The molecule has 9 heteroatoms. The Labute approximate surface area is 271 Å². The molecule has 0 spiro atoms. The van der Waals surface area contributed by atoms with Crippen LogP contribution in [0.1, 0.15) is 36.1 Å². The maximum atomic E-state index is 14.5. The van der Waals surface area contributed by atoms with E-state index in [0.29, 0.717) is 22.8 Å². The van der Waals surface area contributed by atoms with Crippen LogP contribution in [0.3, 0.4) is 0 Å². The first-order chi connectivity index (χ1) is 21.4. The molecule has 1 atom stereocenters. The van der Waals surface area contributed by atoms with E-state index in [1.54, 1.807) is 54.6 Å². The van der Waals surface area contributed by atoms with Crippen LogP contribution in [0.25, 0.3) is 0 Å². The zero-order valence-corrected chi connectivity index (χ0v) is 27.7. The number of nitrogens with one attached hydrogen (secondary N) is 1. The molecule has 7 nitrogen and oxygen atoms in total. The van der Waals surface area contributed by atoms with Crippen molar-refractivity contribution in [2.45, 2.75) is 51.6 Å². The van der Waals surface area contributed by atoms with Gasteiger partial charge < -0.3 is 10.2 Å². The third-order valence-corrected chi connectivity index (χ3v) is 9.43. The molecule has 0 saturated heterocycles. The Morgan fingerprint density at radius 3 is 2.00 bits per heavy atom. The Hall–Kier alpha value is -4.14. The lowest BCUT2D eigenvalue weighted by molar-refractivity contribution is -0.140. The largest absolute Gasteiger partial charge is 0.354 e. The van der Waals surface area contributed by atoms with E-state index in [0.717, 1.165) is 21.0 Å². The number of halogens is 1. The summed E-state index contributed by atoms with van der Waals surface area (Å²) in [4.78, 5) is 29.9. The predicted molar refractivity (Wildman–Crippen MR) is 181 cm³/mol. The minimum atomic E-state index is -4.15. The summed E-state index contributed by atoms with van der Waals surface area (Å²) >= 11 is 6.31. The maximum absolute atomic E-state index is 14.5. The van der Waals surface area contributed by atoms with E-state index in [2.05, 4.69) is 5.32 Å². The van der Waals surface area contributed by atoms with Crippen LogP contribution in [0.4, 0.5) is 5.69 Å². The lowest BCUT2D eigenvalue weighted by atomic mass is 10.0. The Balaban J connectivity index is 1.79. The van der Waals surface area contributed by atoms with Gasteiger partial charge in [-0.15, -0.1) is 0 Å². The van der Waals surface area contributed by atoms with Gasteiger partial charge >= 0.3 is 0 Å². The number of rotatable bonds is 13. The second-order valence-electron chi connectivity index (χ2n) is 11.7. The first kappa shape index (κ1) is 33.7. The molecular formula is C36H40ClN3O4S. The highest BCUT2D eigenvalue weighted by atomic mass is 35.5. The molecule has 0 saturated carbocycles. The SMILES string of the molecule is Cc1ccc(N(CC(=O)N(Cc2cccc(Cl)c2)[C@@H](Cc2ccccc2)C(=O)NCC(C)C)S(=O)(=O)c2ccc(C)cc2)cc1. The number of nitrogens with zero attached hydrogens (tertiary/aromatic N) is 2. The van der Waals surface area contributed by atoms with Crippen molar-refractivity contribution in [1.29, 1.82) is 0 Å². The number of aryl methyl sites for hydroxylation is 2. The Bertz CT molecular complexity index is 1690. The normalized spacial score (nSPS) is 12.0. The van der Waals surface area contributed by atoms with Crippen molar-refractivity contribution in [3.05, 3.63) is 130 Å². The van der Waals surface area contributed by atoms with Crippen molar-refractivity contribution in [2.75, 3.05) is 17.4 Å². The molecule has 236 valence electrons. The highest BCUT2D eigenvalue weighted by molar-refractivity contribution is 7.92. The molecule has 45 heavy (non-hydrogen) atoms. The summed E-state index contributed by atoms with van der Waals surface area (Å²) in [5, 5.41) is 3.49. The fourth-order valence-electron chi connectivity index (χ4n) is 4.89. The van der Waals surface area contributed by atoms with E-state index in [1.165, 1.54) is 17.0 Å². The van der Waals surface area contributed by atoms with Crippen LogP contribution >= 0.6 is 11.6 Å². The van der Waals surface area contributed by atoms with Crippen molar-refractivity contribution in [3.63, 3.8) is 0 Å². The van der Waals surface area contributed by atoms with Crippen LogP contribution in [-0.2, 0) is 32.6 Å². The van der Waals surface area contributed by atoms with Gasteiger partial charge in [0.2, 0.25) is 11.8 Å². The molecule has 0 fully saturated rings. The summed E-state index contributed by atoms with van der Waals surface area (Å²) in [6, 6.07) is 29.2. The standard InChI is InChI=1S/C36H40ClN3O4S/c1-26(2)23-38-36(42)34(22-29-9-6-5-7-10-29)39(24-30-11-8-12-31(37)21-30)35(41)25-40(32-17-13-27(3)14-18-32)45(43,44)33-19-15-28(4)16-20-33/h5-21,26,34H,22-25H2,1-4H3,(H,38,42)/t34-/m0/s1. The number of amides is 2. The van der Waals surface area contributed by atoms with Crippen molar-refractivity contribution < 1.29 is 18.0 Å². The monoisotopic (exact) mass is 645 g/mol. The lowest BCUT2D eigenvalue weighted by Crippen LogP contribution is -2.53. The van der Waals surface area contributed by atoms with Crippen LogP contribution in [-0.4, -0.2) is 44.3 Å². The van der Waals surface area contributed by atoms with E-state index >= 15 is 0 Å². The van der Waals surface area contributed by atoms with Gasteiger partial charge in [0.15, 0.2) is 0 Å². The highest BCUT2D eigenvalue weighted by Gasteiger charge is 2.34. The molecule has 0 heterocycles. The van der Waals surface area contributed by atoms with Crippen LogP contribution in [0.2, 0.25) is 5.02 Å². The Morgan fingerprint density at radius 2 is 1.40 bits per heavy atom. The average molecular weight is 646 g/mol. The molecule has 4 aromatic rings. The van der Waals surface area contributed by atoms with E-state index in [1.807, 2.05) is 64.1 Å². The van der Waals surface area contributed by atoms with Crippen LogP contribution in [0, 0.1) is 19.8 Å². The summed E-state index contributed by atoms with van der Waals surface area (Å²) in [6.07, 6.45) is 0.242. The molecular weight excluding hydrogens is 606 g/mol. The molecule has 0 unspecified atom stereocenters. The number of anilines is 1. The Morgan fingerprint density at radius 1 is 0.800 bits per heavy atom. The zero-order valence-electron chi connectivity index (χ0n) is 26.1. The topological polar surface area (TPSA) is 86.8 Å². The molecule has 4 rings (SSSR count). The van der Waals surface area contributed by atoms with Crippen LogP contribution < -0.4 is 9.62 Å². The summed E-state index contributed by atoms with van der Waals surface area (Å²) in [5.74, 6) is -0.641. The van der Waals surface area contributed by atoms with Gasteiger partial charge in [-0.2, -0.15) is 0 Å². The number of carbonyl (C=O) groups excluding carboxylic acids is 2. The van der Waals surface area contributed by atoms with Crippen molar-refractivity contribution in [3.8, 4) is 0 Å². The van der Waals surface area contributed by atoms with E-state index < -0.39 is 28.5 Å². The van der Waals surface area contributed by atoms with Crippen LogP contribution in [0.5, 0.6) is 0 Å². The van der Waals surface area contributed by atoms with E-state index in [4.69, 9.17) is 11.6 Å². The van der Waals surface area contributed by atoms with Crippen LogP contribution in [0.15, 0.2) is 108 Å². The molecule has 1 N–H and O–H groups in total. The third kappa shape index (κ3) is 9.19. The van der Waals surface area contributed by atoms with E-state index in [-0.39, 0.29) is 29.7 Å². The maximum Gasteiger partial charge on any atom is 0.264 e. The van der Waals surface area contributed by atoms with Gasteiger partial charge in [0, 0.05) is 24.5 Å². The van der Waals surface area contributed by atoms with Crippen molar-refractivity contribution in [2.24, 2.45) is 5.92 Å². The minimum Gasteiger partial charge on any atom is -0.354 e.